The van der Waals surface area contributed by atoms with E-state index in [2.05, 4.69) is 0 Å². The second kappa shape index (κ2) is 9.03. The minimum Gasteiger partial charge on any atom is -0.494 e. The third-order valence-corrected chi connectivity index (χ3v) is 6.09. The van der Waals surface area contributed by atoms with Gasteiger partial charge >= 0.3 is 0 Å². The fourth-order valence-electron chi connectivity index (χ4n) is 3.00. The molecule has 28 heavy (non-hydrogen) atoms. The number of sulfonamides is 1. The molecule has 0 aromatic heterocycles. The summed E-state index contributed by atoms with van der Waals surface area (Å²) in [6.07, 6.45) is 1.59. The van der Waals surface area contributed by atoms with Crippen molar-refractivity contribution in [2.45, 2.75) is 6.92 Å². The summed E-state index contributed by atoms with van der Waals surface area (Å²) in [5, 5.41) is 1.23. The van der Waals surface area contributed by atoms with Crippen molar-refractivity contribution >= 4 is 22.0 Å². The van der Waals surface area contributed by atoms with Gasteiger partial charge in [-0.25, -0.2) is 8.42 Å². The van der Waals surface area contributed by atoms with Gasteiger partial charge < -0.3 is 9.64 Å². The molecule has 0 atom stereocenters. The summed E-state index contributed by atoms with van der Waals surface area (Å²) in [6.45, 7) is 3.77. The molecule has 2 aromatic rings. The molecule has 148 valence electrons. The van der Waals surface area contributed by atoms with Crippen molar-refractivity contribution < 1.29 is 17.9 Å². The number of ether oxygens (including phenoxy) is 1. The van der Waals surface area contributed by atoms with Crippen LogP contribution in [0.3, 0.4) is 0 Å². The lowest BCUT2D eigenvalue weighted by Gasteiger charge is -2.33. The van der Waals surface area contributed by atoms with Crippen LogP contribution in [0.1, 0.15) is 22.8 Å². The van der Waals surface area contributed by atoms with E-state index >= 15 is 0 Å². The van der Waals surface area contributed by atoms with E-state index in [1.54, 1.807) is 35.2 Å². The van der Waals surface area contributed by atoms with Crippen molar-refractivity contribution in [3.63, 3.8) is 0 Å². The number of carbonyl (C=O) groups is 1. The van der Waals surface area contributed by atoms with Gasteiger partial charge in [0, 0.05) is 37.2 Å². The van der Waals surface area contributed by atoms with Gasteiger partial charge in [0.1, 0.15) is 5.75 Å². The molecular weight excluding hydrogens is 376 g/mol. The van der Waals surface area contributed by atoms with Crippen LogP contribution >= 0.6 is 0 Å². The van der Waals surface area contributed by atoms with Gasteiger partial charge in [-0.15, -0.1) is 0 Å². The predicted molar refractivity (Wildman–Crippen MR) is 109 cm³/mol. The number of carbonyl (C=O) groups excluding carboxylic acids is 1. The largest absolute Gasteiger partial charge is 0.494 e. The molecule has 2 aromatic carbocycles. The van der Waals surface area contributed by atoms with Crippen LogP contribution in [0.4, 0.5) is 0 Å². The maximum Gasteiger partial charge on any atom is 0.253 e. The lowest BCUT2D eigenvalue weighted by molar-refractivity contribution is 0.0698. The van der Waals surface area contributed by atoms with Crippen molar-refractivity contribution in [2.75, 3.05) is 32.8 Å². The molecule has 1 heterocycles. The highest BCUT2D eigenvalue weighted by molar-refractivity contribution is 7.92. The summed E-state index contributed by atoms with van der Waals surface area (Å²) in [5.74, 6) is 0.625. The first-order valence-electron chi connectivity index (χ1n) is 9.25. The first kappa shape index (κ1) is 20.1. The van der Waals surface area contributed by atoms with E-state index in [9.17, 15) is 13.2 Å². The molecule has 7 heteroatoms. The van der Waals surface area contributed by atoms with Crippen LogP contribution < -0.4 is 4.74 Å². The zero-order valence-corrected chi connectivity index (χ0v) is 16.6. The molecule has 1 amide bonds. The smallest absolute Gasteiger partial charge is 0.253 e. The first-order valence-corrected chi connectivity index (χ1v) is 10.8. The highest BCUT2D eigenvalue weighted by Gasteiger charge is 2.27. The number of benzene rings is 2. The van der Waals surface area contributed by atoms with E-state index in [-0.39, 0.29) is 19.0 Å². The molecule has 1 aliphatic heterocycles. The molecule has 1 fully saturated rings. The molecule has 0 bridgehead atoms. The summed E-state index contributed by atoms with van der Waals surface area (Å²) in [6, 6.07) is 16.3. The number of amides is 1. The van der Waals surface area contributed by atoms with Crippen molar-refractivity contribution in [1.29, 1.82) is 0 Å². The SMILES string of the molecule is CCOc1ccc(C(=O)N2CCN(S(=O)(=O)/C=C/c3ccccc3)CC2)cc1. The molecule has 0 saturated carbocycles. The number of nitrogens with zero attached hydrogens (tertiary/aromatic N) is 2. The highest BCUT2D eigenvalue weighted by Crippen LogP contribution is 2.16. The molecule has 0 spiro atoms. The van der Waals surface area contributed by atoms with Crippen molar-refractivity contribution in [3.8, 4) is 5.75 Å². The van der Waals surface area contributed by atoms with Crippen molar-refractivity contribution in [1.82, 2.24) is 9.21 Å². The van der Waals surface area contributed by atoms with Crippen LogP contribution in [-0.2, 0) is 10.0 Å². The zero-order valence-electron chi connectivity index (χ0n) is 15.8. The predicted octanol–water partition coefficient (Wildman–Crippen LogP) is 2.84. The molecule has 0 unspecified atom stereocenters. The molecule has 0 N–H and O–H groups in total. The number of hydrogen-bond donors (Lipinski definition) is 0. The van der Waals surface area contributed by atoms with E-state index in [1.165, 1.54) is 9.71 Å². The molecule has 0 radical (unpaired) electrons. The second-order valence-electron chi connectivity index (χ2n) is 6.41. The first-order chi connectivity index (χ1) is 13.5. The van der Waals surface area contributed by atoms with Crippen molar-refractivity contribution in [3.05, 3.63) is 71.1 Å². The lowest BCUT2D eigenvalue weighted by atomic mass is 10.2. The van der Waals surface area contributed by atoms with E-state index < -0.39 is 10.0 Å². The van der Waals surface area contributed by atoms with E-state index in [0.29, 0.717) is 25.3 Å². The minimum atomic E-state index is -3.51. The van der Waals surface area contributed by atoms with Crippen LogP contribution in [-0.4, -0.2) is 56.3 Å². The van der Waals surface area contributed by atoms with Gasteiger partial charge in [0.15, 0.2) is 0 Å². The summed E-state index contributed by atoms with van der Waals surface area (Å²) in [7, 11) is -3.51. The summed E-state index contributed by atoms with van der Waals surface area (Å²) < 4.78 is 31.9. The van der Waals surface area contributed by atoms with Gasteiger partial charge in [-0.05, 0) is 42.8 Å². The Kier molecular flexibility index (Phi) is 6.49. The van der Waals surface area contributed by atoms with E-state index in [1.807, 2.05) is 37.3 Å². The number of rotatable bonds is 6. The molecule has 1 saturated heterocycles. The summed E-state index contributed by atoms with van der Waals surface area (Å²) >= 11 is 0. The molecule has 3 rings (SSSR count). The van der Waals surface area contributed by atoms with E-state index in [0.717, 1.165) is 11.3 Å². The van der Waals surface area contributed by atoms with Crippen LogP contribution in [0, 0.1) is 0 Å². The third kappa shape index (κ3) is 4.99. The average Bonchev–Trinajstić information content (AvgIpc) is 2.73. The minimum absolute atomic E-state index is 0.0973. The van der Waals surface area contributed by atoms with Crippen LogP contribution in [0.25, 0.3) is 6.08 Å². The molecule has 0 aliphatic carbocycles. The fourth-order valence-corrected chi connectivity index (χ4v) is 4.18. The maximum atomic E-state index is 12.6. The van der Waals surface area contributed by atoms with Crippen LogP contribution in [0.15, 0.2) is 60.0 Å². The Bertz CT molecular complexity index is 917. The zero-order chi connectivity index (χ0) is 20.0. The molecule has 1 aliphatic rings. The Hall–Kier alpha value is -2.64. The van der Waals surface area contributed by atoms with Gasteiger partial charge in [-0.2, -0.15) is 4.31 Å². The Balaban J connectivity index is 1.58. The quantitative estimate of drug-likeness (QED) is 0.748. The second-order valence-corrected chi connectivity index (χ2v) is 8.23. The number of hydrogen-bond acceptors (Lipinski definition) is 4. The fraction of sp³-hybridized carbons (Fsp3) is 0.286. The normalized spacial score (nSPS) is 15.7. The maximum absolute atomic E-state index is 12.6. The molecular formula is C21H24N2O4S. The van der Waals surface area contributed by atoms with Gasteiger partial charge in [0.2, 0.25) is 10.0 Å². The van der Waals surface area contributed by atoms with Gasteiger partial charge in [0.25, 0.3) is 5.91 Å². The van der Waals surface area contributed by atoms with Crippen LogP contribution in [0.2, 0.25) is 0 Å². The Morgan fingerprint density at radius 1 is 1.00 bits per heavy atom. The van der Waals surface area contributed by atoms with Gasteiger partial charge in [-0.3, -0.25) is 4.79 Å². The average molecular weight is 401 g/mol. The highest BCUT2D eigenvalue weighted by atomic mass is 32.2. The summed E-state index contributed by atoms with van der Waals surface area (Å²) in [4.78, 5) is 14.3. The Morgan fingerprint density at radius 3 is 2.25 bits per heavy atom. The Morgan fingerprint density at radius 2 is 1.64 bits per heavy atom. The summed E-state index contributed by atoms with van der Waals surface area (Å²) in [5.41, 5.74) is 1.40. The van der Waals surface area contributed by atoms with Crippen molar-refractivity contribution in [2.24, 2.45) is 0 Å². The topological polar surface area (TPSA) is 66.9 Å². The van der Waals surface area contributed by atoms with Gasteiger partial charge in [0.05, 0.1) is 6.61 Å². The van der Waals surface area contributed by atoms with E-state index in [4.69, 9.17) is 4.74 Å². The molecule has 6 nitrogen and oxygen atoms in total. The van der Waals surface area contributed by atoms with Crippen LogP contribution in [0.5, 0.6) is 5.75 Å². The number of piperazine rings is 1. The Labute approximate surface area is 166 Å². The standard InChI is InChI=1S/C21H24N2O4S/c1-2-27-20-10-8-19(9-11-20)21(24)22-13-15-23(16-14-22)28(25,26)17-12-18-6-4-3-5-7-18/h3-12,17H,2,13-16H2,1H3/b17-12+. The van der Waals surface area contributed by atoms with Gasteiger partial charge in [-0.1, -0.05) is 30.3 Å². The lowest BCUT2D eigenvalue weighted by Crippen LogP contribution is -2.50. The third-order valence-electron chi connectivity index (χ3n) is 4.53. The monoisotopic (exact) mass is 400 g/mol.